The van der Waals surface area contributed by atoms with E-state index in [1.807, 2.05) is 25.1 Å². The second-order valence-electron chi connectivity index (χ2n) is 6.66. The molecular formula is C16H20ClN3O2S. The number of sulfonamides is 1. The fraction of sp³-hybridized carbons (Fsp3) is 0.562. The summed E-state index contributed by atoms with van der Waals surface area (Å²) in [5.74, 6) is -0.0257. The van der Waals surface area contributed by atoms with Gasteiger partial charge >= 0.3 is 0 Å². The smallest absolute Gasteiger partial charge is 0.213 e. The van der Waals surface area contributed by atoms with E-state index in [-0.39, 0.29) is 17.7 Å². The Morgan fingerprint density at radius 3 is 2.96 bits per heavy atom. The lowest BCUT2D eigenvalue weighted by Gasteiger charge is -2.23. The molecule has 1 heterocycles. The van der Waals surface area contributed by atoms with E-state index in [0.717, 1.165) is 17.5 Å². The fourth-order valence-electron chi connectivity index (χ4n) is 3.60. The minimum absolute atomic E-state index is 0.138. The highest BCUT2D eigenvalue weighted by molar-refractivity contribution is 7.89. The monoisotopic (exact) mass is 353 g/mol. The molecule has 7 heteroatoms. The van der Waals surface area contributed by atoms with Crippen LogP contribution in [0.15, 0.2) is 18.2 Å². The van der Waals surface area contributed by atoms with Gasteiger partial charge in [-0.05, 0) is 42.5 Å². The first-order valence-electron chi connectivity index (χ1n) is 7.75. The number of nitriles is 1. The molecule has 0 bridgehead atoms. The van der Waals surface area contributed by atoms with Crippen molar-refractivity contribution in [2.75, 3.05) is 18.8 Å². The molecule has 2 aliphatic rings. The van der Waals surface area contributed by atoms with Crippen molar-refractivity contribution in [3.05, 3.63) is 34.3 Å². The third-order valence-electron chi connectivity index (χ3n) is 4.84. The minimum Gasteiger partial charge on any atom is -0.315 e. The SMILES string of the molecule is C[C@@H]1Cc2c(Cl)cccc2[C@@H]1NS(=O)(=O)CC1(C#N)CCNC1. The van der Waals surface area contributed by atoms with Gasteiger partial charge < -0.3 is 5.32 Å². The van der Waals surface area contributed by atoms with Crippen LogP contribution in [0.1, 0.15) is 30.5 Å². The molecule has 1 aromatic rings. The summed E-state index contributed by atoms with van der Waals surface area (Å²) >= 11 is 6.23. The quantitative estimate of drug-likeness (QED) is 0.867. The Kier molecular flexibility index (Phi) is 4.41. The topological polar surface area (TPSA) is 82.0 Å². The predicted octanol–water partition coefficient (Wildman–Crippen LogP) is 2.00. The molecular weight excluding hydrogens is 334 g/mol. The number of hydrogen-bond donors (Lipinski definition) is 2. The Morgan fingerprint density at radius 1 is 1.52 bits per heavy atom. The number of halogens is 1. The normalized spacial score (nSPS) is 30.1. The zero-order valence-corrected chi connectivity index (χ0v) is 14.5. The molecule has 1 saturated heterocycles. The average molecular weight is 354 g/mol. The van der Waals surface area contributed by atoms with E-state index in [2.05, 4.69) is 16.1 Å². The maximum absolute atomic E-state index is 12.6. The molecule has 0 spiro atoms. The number of benzene rings is 1. The number of hydrogen-bond acceptors (Lipinski definition) is 4. The van der Waals surface area contributed by atoms with Gasteiger partial charge in [0, 0.05) is 17.6 Å². The first-order chi connectivity index (χ1) is 10.9. The first-order valence-corrected chi connectivity index (χ1v) is 9.78. The van der Waals surface area contributed by atoms with Crippen molar-refractivity contribution in [2.24, 2.45) is 11.3 Å². The first kappa shape index (κ1) is 16.7. The van der Waals surface area contributed by atoms with Gasteiger partial charge in [0.05, 0.1) is 17.2 Å². The molecule has 1 aliphatic heterocycles. The van der Waals surface area contributed by atoms with Crippen LogP contribution in [0.25, 0.3) is 0 Å². The van der Waals surface area contributed by atoms with Gasteiger partial charge in [-0.1, -0.05) is 30.7 Å². The molecule has 0 aromatic heterocycles. The lowest BCUT2D eigenvalue weighted by molar-refractivity contribution is 0.446. The third kappa shape index (κ3) is 3.24. The summed E-state index contributed by atoms with van der Waals surface area (Å²) in [5, 5.41) is 13.2. The van der Waals surface area contributed by atoms with Crippen molar-refractivity contribution >= 4 is 21.6 Å². The highest BCUT2D eigenvalue weighted by Crippen LogP contribution is 2.40. The molecule has 0 amide bonds. The van der Waals surface area contributed by atoms with Crippen LogP contribution in [0.2, 0.25) is 5.02 Å². The summed E-state index contributed by atoms with van der Waals surface area (Å²) in [6.45, 7) is 3.12. The van der Waals surface area contributed by atoms with Crippen molar-refractivity contribution in [1.29, 1.82) is 5.26 Å². The van der Waals surface area contributed by atoms with Crippen LogP contribution in [0.4, 0.5) is 0 Å². The third-order valence-corrected chi connectivity index (χ3v) is 6.74. The Hall–Kier alpha value is -1.13. The van der Waals surface area contributed by atoms with Crippen LogP contribution in [0, 0.1) is 22.7 Å². The van der Waals surface area contributed by atoms with Crippen LogP contribution in [0.3, 0.4) is 0 Å². The van der Waals surface area contributed by atoms with E-state index in [0.29, 0.717) is 24.5 Å². The van der Waals surface area contributed by atoms with E-state index in [1.54, 1.807) is 0 Å². The van der Waals surface area contributed by atoms with E-state index < -0.39 is 15.4 Å². The largest absolute Gasteiger partial charge is 0.315 e. The fourth-order valence-corrected chi connectivity index (χ4v) is 5.73. The Labute approximate surface area is 142 Å². The van der Waals surface area contributed by atoms with Crippen molar-refractivity contribution in [2.45, 2.75) is 25.8 Å². The molecule has 1 fully saturated rings. The van der Waals surface area contributed by atoms with Gasteiger partial charge in [0.25, 0.3) is 0 Å². The lowest BCUT2D eigenvalue weighted by atomic mass is 9.92. The van der Waals surface area contributed by atoms with E-state index in [9.17, 15) is 13.7 Å². The molecule has 1 unspecified atom stereocenters. The summed E-state index contributed by atoms with van der Waals surface area (Å²) < 4.78 is 28.1. The summed E-state index contributed by atoms with van der Waals surface area (Å²) in [6.07, 6.45) is 1.32. The lowest BCUT2D eigenvalue weighted by Crippen LogP contribution is -2.39. The molecule has 2 N–H and O–H groups in total. The van der Waals surface area contributed by atoms with Gasteiger partial charge in [-0.2, -0.15) is 5.26 Å². The van der Waals surface area contributed by atoms with Crippen LogP contribution < -0.4 is 10.0 Å². The number of fused-ring (bicyclic) bond motifs is 1. The summed E-state index contributed by atoms with van der Waals surface area (Å²) in [7, 11) is -3.56. The molecule has 3 atom stereocenters. The van der Waals surface area contributed by atoms with E-state index in [4.69, 9.17) is 11.6 Å². The highest BCUT2D eigenvalue weighted by Gasteiger charge is 2.41. The van der Waals surface area contributed by atoms with Crippen LogP contribution in [-0.4, -0.2) is 27.3 Å². The maximum Gasteiger partial charge on any atom is 0.213 e. The molecule has 1 aliphatic carbocycles. The number of nitrogens with one attached hydrogen (secondary N) is 2. The predicted molar refractivity (Wildman–Crippen MR) is 89.5 cm³/mol. The Bertz CT molecular complexity index is 751. The van der Waals surface area contributed by atoms with E-state index >= 15 is 0 Å². The summed E-state index contributed by atoms with van der Waals surface area (Å²) in [4.78, 5) is 0. The number of nitrogens with zero attached hydrogens (tertiary/aromatic N) is 1. The van der Waals surface area contributed by atoms with Crippen molar-refractivity contribution in [1.82, 2.24) is 10.0 Å². The minimum atomic E-state index is -3.56. The van der Waals surface area contributed by atoms with Crippen molar-refractivity contribution < 1.29 is 8.42 Å². The van der Waals surface area contributed by atoms with Crippen LogP contribution in [-0.2, 0) is 16.4 Å². The van der Waals surface area contributed by atoms with Crippen molar-refractivity contribution in [3.63, 3.8) is 0 Å². The molecule has 3 rings (SSSR count). The second-order valence-corrected chi connectivity index (χ2v) is 8.82. The molecule has 0 radical (unpaired) electrons. The van der Waals surface area contributed by atoms with Gasteiger partial charge in [0.1, 0.15) is 0 Å². The zero-order valence-electron chi connectivity index (χ0n) is 13.0. The summed E-state index contributed by atoms with van der Waals surface area (Å²) in [5.41, 5.74) is 1.14. The molecule has 1 aromatic carbocycles. The van der Waals surface area contributed by atoms with Crippen molar-refractivity contribution in [3.8, 4) is 6.07 Å². The zero-order chi connectivity index (χ0) is 16.7. The van der Waals surface area contributed by atoms with Gasteiger partial charge in [-0.3, -0.25) is 0 Å². The Balaban J connectivity index is 1.82. The molecule has 5 nitrogen and oxygen atoms in total. The average Bonchev–Trinajstić information content (AvgIpc) is 3.06. The van der Waals surface area contributed by atoms with Gasteiger partial charge in [-0.15, -0.1) is 0 Å². The standard InChI is InChI=1S/C16H20ClN3O2S/c1-11-7-13-12(3-2-4-14(13)17)15(11)20-23(21,22)10-16(8-18)5-6-19-9-16/h2-4,11,15,19-20H,5-7,9-10H2,1H3/t11-,15-,16?/m1/s1. The number of rotatable bonds is 4. The van der Waals surface area contributed by atoms with E-state index in [1.165, 1.54) is 0 Å². The molecule has 124 valence electrons. The second kappa shape index (κ2) is 6.06. The molecule has 0 saturated carbocycles. The Morgan fingerprint density at radius 2 is 2.30 bits per heavy atom. The highest BCUT2D eigenvalue weighted by atomic mass is 35.5. The van der Waals surface area contributed by atoms with Gasteiger partial charge in [-0.25, -0.2) is 13.1 Å². The van der Waals surface area contributed by atoms with Crippen LogP contribution in [0.5, 0.6) is 0 Å². The van der Waals surface area contributed by atoms with Gasteiger partial charge in [0.2, 0.25) is 10.0 Å². The summed E-state index contributed by atoms with van der Waals surface area (Å²) in [6, 6.07) is 7.52. The maximum atomic E-state index is 12.6. The molecule has 23 heavy (non-hydrogen) atoms. The van der Waals surface area contributed by atoms with Gasteiger partial charge in [0.15, 0.2) is 0 Å². The van der Waals surface area contributed by atoms with Crippen LogP contribution >= 0.6 is 11.6 Å².